The molecule has 18 heavy (non-hydrogen) atoms. The van der Waals surface area contributed by atoms with Gasteiger partial charge in [-0.25, -0.2) is 0 Å². The molecule has 0 bridgehead atoms. The topological polar surface area (TPSA) is 38.5 Å². The van der Waals surface area contributed by atoms with Gasteiger partial charge in [0, 0.05) is 30.6 Å². The Morgan fingerprint density at radius 3 is 2.83 bits per heavy atom. The van der Waals surface area contributed by atoms with Crippen molar-refractivity contribution < 1.29 is 4.74 Å². The van der Waals surface area contributed by atoms with E-state index in [4.69, 9.17) is 10.5 Å². The van der Waals surface area contributed by atoms with E-state index < -0.39 is 0 Å². The molecule has 2 rings (SSSR count). The number of ether oxygens (including phenoxy) is 1. The Morgan fingerprint density at radius 2 is 2.22 bits per heavy atom. The summed E-state index contributed by atoms with van der Waals surface area (Å²) in [7, 11) is 2.08. The average molecular weight is 246 g/mol. The molecule has 1 aliphatic rings. The molecular weight excluding hydrogens is 224 g/mol. The Labute approximate surface area is 109 Å². The molecule has 1 fully saturated rings. The van der Waals surface area contributed by atoms with Crippen molar-refractivity contribution >= 4 is 16.9 Å². The number of hydrogen-bond donors (Lipinski definition) is 1. The van der Waals surface area contributed by atoms with Crippen LogP contribution in [0.25, 0.3) is 5.57 Å². The van der Waals surface area contributed by atoms with E-state index >= 15 is 0 Å². The van der Waals surface area contributed by atoms with Gasteiger partial charge >= 0.3 is 0 Å². The van der Waals surface area contributed by atoms with Crippen LogP contribution in [0, 0.1) is 0 Å². The molecule has 3 heteroatoms. The maximum atomic E-state index is 5.85. The monoisotopic (exact) mass is 246 g/mol. The lowest BCUT2D eigenvalue weighted by Gasteiger charge is -2.34. The van der Waals surface area contributed by atoms with Crippen molar-refractivity contribution in [2.45, 2.75) is 32.4 Å². The van der Waals surface area contributed by atoms with Crippen LogP contribution in [0.2, 0.25) is 0 Å². The molecule has 0 aromatic heterocycles. The van der Waals surface area contributed by atoms with E-state index in [1.807, 2.05) is 19.1 Å². The molecule has 2 N–H and O–H groups in total. The highest BCUT2D eigenvalue weighted by atomic mass is 16.5. The number of nitrogens with zero attached hydrogens (tertiary/aromatic N) is 1. The van der Waals surface area contributed by atoms with E-state index in [1.165, 1.54) is 12.8 Å². The maximum absolute atomic E-state index is 5.85. The summed E-state index contributed by atoms with van der Waals surface area (Å²) in [4.78, 5) is 2.20. The first-order valence-corrected chi connectivity index (χ1v) is 6.49. The van der Waals surface area contributed by atoms with Gasteiger partial charge in [0.05, 0.1) is 0 Å². The summed E-state index contributed by atoms with van der Waals surface area (Å²) in [5, 5.41) is 0. The summed E-state index contributed by atoms with van der Waals surface area (Å²) in [6.07, 6.45) is 3.64. The molecule has 1 atom stereocenters. The molecule has 1 heterocycles. The number of allylic oxidation sites excluding steroid dienone is 1. The Hall–Kier alpha value is -1.48. The third-order valence-electron chi connectivity index (χ3n) is 3.45. The Balaban J connectivity index is 2.28. The third kappa shape index (κ3) is 2.67. The summed E-state index contributed by atoms with van der Waals surface area (Å²) in [6, 6.07) is 5.97. The molecule has 1 aliphatic heterocycles. The van der Waals surface area contributed by atoms with Crippen molar-refractivity contribution in [1.82, 2.24) is 0 Å². The fraction of sp³-hybridized carbons (Fsp3) is 0.467. The molecule has 3 nitrogen and oxygen atoms in total. The molecule has 0 amide bonds. The van der Waals surface area contributed by atoms with Gasteiger partial charge in [0.2, 0.25) is 0 Å². The van der Waals surface area contributed by atoms with Crippen LogP contribution in [0.1, 0.15) is 31.7 Å². The Bertz CT molecular complexity index is 436. The molecule has 98 valence electrons. The summed E-state index contributed by atoms with van der Waals surface area (Å²) in [6.45, 7) is 6.89. The molecule has 1 aromatic carbocycles. The maximum Gasteiger partial charge on any atom is 0.129 e. The number of anilines is 2. The zero-order valence-corrected chi connectivity index (χ0v) is 11.3. The summed E-state index contributed by atoms with van der Waals surface area (Å²) in [5.41, 5.74) is 9.90. The quantitative estimate of drug-likeness (QED) is 0.832. The second kappa shape index (κ2) is 5.44. The number of benzene rings is 1. The Kier molecular flexibility index (Phi) is 3.92. The van der Waals surface area contributed by atoms with Gasteiger partial charge in [-0.2, -0.15) is 0 Å². The first-order chi connectivity index (χ1) is 8.59. The van der Waals surface area contributed by atoms with E-state index in [2.05, 4.69) is 24.6 Å². The van der Waals surface area contributed by atoms with Crippen molar-refractivity contribution in [3.63, 3.8) is 0 Å². The lowest BCUT2D eigenvalue weighted by atomic mass is 10.0. The number of nitrogens with two attached hydrogens (primary N) is 1. The van der Waals surface area contributed by atoms with Gasteiger partial charge in [-0.15, -0.1) is 0 Å². The first-order valence-electron chi connectivity index (χ1n) is 6.49. The van der Waals surface area contributed by atoms with Crippen LogP contribution in [-0.2, 0) is 4.74 Å². The van der Waals surface area contributed by atoms with E-state index in [-0.39, 0.29) is 6.23 Å². The lowest BCUT2D eigenvalue weighted by Crippen LogP contribution is -2.37. The fourth-order valence-corrected chi connectivity index (χ4v) is 2.39. The van der Waals surface area contributed by atoms with E-state index in [0.717, 1.165) is 35.5 Å². The van der Waals surface area contributed by atoms with Gasteiger partial charge in [0.15, 0.2) is 0 Å². The second-order valence-electron chi connectivity index (χ2n) is 4.99. The highest BCUT2D eigenvalue weighted by Crippen LogP contribution is 2.30. The minimum atomic E-state index is 0.167. The van der Waals surface area contributed by atoms with Crippen LogP contribution >= 0.6 is 0 Å². The standard InChI is InChI=1S/C15H22N2O/c1-11(2)13-10-12(16)7-8-14(13)17(3)15-6-4-5-9-18-15/h7-8,10,15H,1,4-6,9,16H2,2-3H3. The van der Waals surface area contributed by atoms with Crippen molar-refractivity contribution in [3.05, 3.63) is 30.3 Å². The number of nitrogen functional groups attached to an aromatic ring is 1. The van der Waals surface area contributed by atoms with E-state index in [9.17, 15) is 0 Å². The highest BCUT2D eigenvalue weighted by Gasteiger charge is 2.20. The first kappa shape index (κ1) is 13.0. The normalized spacial score (nSPS) is 19.6. The molecule has 0 saturated carbocycles. The molecule has 0 spiro atoms. The minimum absolute atomic E-state index is 0.167. The minimum Gasteiger partial charge on any atom is -0.399 e. The van der Waals surface area contributed by atoms with Crippen LogP contribution in [-0.4, -0.2) is 19.9 Å². The van der Waals surface area contributed by atoms with Crippen molar-refractivity contribution in [3.8, 4) is 0 Å². The van der Waals surface area contributed by atoms with E-state index in [1.54, 1.807) is 0 Å². The third-order valence-corrected chi connectivity index (χ3v) is 3.45. The van der Waals surface area contributed by atoms with Gasteiger partial charge in [0.1, 0.15) is 6.23 Å². The zero-order valence-electron chi connectivity index (χ0n) is 11.3. The summed E-state index contributed by atoms with van der Waals surface area (Å²) >= 11 is 0. The molecule has 1 unspecified atom stereocenters. The van der Waals surface area contributed by atoms with Gasteiger partial charge in [-0.3, -0.25) is 0 Å². The number of rotatable bonds is 3. The fourth-order valence-electron chi connectivity index (χ4n) is 2.39. The van der Waals surface area contributed by atoms with Gasteiger partial charge in [-0.1, -0.05) is 6.58 Å². The zero-order chi connectivity index (χ0) is 13.1. The van der Waals surface area contributed by atoms with E-state index in [0.29, 0.717) is 0 Å². The second-order valence-corrected chi connectivity index (χ2v) is 4.99. The molecule has 1 aromatic rings. The van der Waals surface area contributed by atoms with Crippen LogP contribution in [0.5, 0.6) is 0 Å². The van der Waals surface area contributed by atoms with Crippen molar-refractivity contribution in [1.29, 1.82) is 0 Å². The molecule has 1 saturated heterocycles. The molecule has 0 aliphatic carbocycles. The highest BCUT2D eigenvalue weighted by molar-refractivity contribution is 5.77. The predicted octanol–water partition coefficient (Wildman–Crippen LogP) is 3.26. The number of hydrogen-bond acceptors (Lipinski definition) is 3. The molecular formula is C15H22N2O. The van der Waals surface area contributed by atoms with Gasteiger partial charge in [-0.05, 0) is 50.0 Å². The predicted molar refractivity (Wildman–Crippen MR) is 77.6 cm³/mol. The largest absolute Gasteiger partial charge is 0.399 e. The van der Waals surface area contributed by atoms with Crippen LogP contribution in [0.3, 0.4) is 0 Å². The SMILES string of the molecule is C=C(C)c1cc(N)ccc1N(C)C1CCCCO1. The lowest BCUT2D eigenvalue weighted by molar-refractivity contribution is 0.0174. The van der Waals surface area contributed by atoms with Crippen LogP contribution in [0.4, 0.5) is 11.4 Å². The average Bonchev–Trinajstić information content (AvgIpc) is 2.39. The van der Waals surface area contributed by atoms with Crippen LogP contribution < -0.4 is 10.6 Å². The van der Waals surface area contributed by atoms with Crippen molar-refractivity contribution in [2.24, 2.45) is 0 Å². The van der Waals surface area contributed by atoms with Crippen molar-refractivity contribution in [2.75, 3.05) is 24.3 Å². The Morgan fingerprint density at radius 1 is 1.44 bits per heavy atom. The van der Waals surface area contributed by atoms with Gasteiger partial charge < -0.3 is 15.4 Å². The smallest absolute Gasteiger partial charge is 0.129 e. The molecule has 0 radical (unpaired) electrons. The van der Waals surface area contributed by atoms with Crippen LogP contribution in [0.15, 0.2) is 24.8 Å². The summed E-state index contributed by atoms with van der Waals surface area (Å²) < 4.78 is 5.82. The van der Waals surface area contributed by atoms with Gasteiger partial charge in [0.25, 0.3) is 0 Å². The summed E-state index contributed by atoms with van der Waals surface area (Å²) in [5.74, 6) is 0.